The van der Waals surface area contributed by atoms with Gasteiger partial charge in [-0.1, -0.05) is 0 Å². The number of thiol groups is 1. The Balaban J connectivity index is 4.34. The van der Waals surface area contributed by atoms with E-state index in [4.69, 9.17) is 0 Å². The number of amides is 2. The summed E-state index contributed by atoms with van der Waals surface area (Å²) in [6.45, 7) is 5.64. The van der Waals surface area contributed by atoms with Crippen molar-refractivity contribution in [2.75, 3.05) is 39.5 Å². The molecule has 0 bridgehead atoms. The minimum atomic E-state index is -0.523. The normalized spacial score (nSPS) is 12.3. The number of nitrogens with zero attached hydrogens (tertiary/aromatic N) is 2. The molecule has 0 aliphatic heterocycles. The molecular weight excluding hydrogens is 250 g/mol. The Morgan fingerprint density at radius 3 is 2.28 bits per heavy atom. The van der Waals surface area contributed by atoms with Crippen molar-refractivity contribution in [2.45, 2.75) is 26.3 Å². The smallest absolute Gasteiger partial charge is 0.245 e. The van der Waals surface area contributed by atoms with Crippen molar-refractivity contribution in [1.29, 1.82) is 0 Å². The lowest BCUT2D eigenvalue weighted by Crippen LogP contribution is -2.49. The quantitative estimate of drug-likeness (QED) is 0.623. The molecule has 0 heterocycles. The molecule has 106 valence electrons. The van der Waals surface area contributed by atoms with Gasteiger partial charge in [0, 0.05) is 25.8 Å². The zero-order valence-corrected chi connectivity index (χ0v) is 12.7. The van der Waals surface area contributed by atoms with Gasteiger partial charge in [0.1, 0.15) is 6.04 Å². The highest BCUT2D eigenvalue weighted by Gasteiger charge is 2.22. The van der Waals surface area contributed by atoms with Crippen molar-refractivity contribution < 1.29 is 9.59 Å². The molecule has 0 aliphatic carbocycles. The van der Waals surface area contributed by atoms with Crippen LogP contribution in [0.3, 0.4) is 0 Å². The van der Waals surface area contributed by atoms with Crippen LogP contribution in [0.15, 0.2) is 0 Å². The summed E-state index contributed by atoms with van der Waals surface area (Å²) in [4.78, 5) is 27.0. The van der Waals surface area contributed by atoms with E-state index in [1.165, 1.54) is 6.92 Å². The van der Waals surface area contributed by atoms with Gasteiger partial charge >= 0.3 is 0 Å². The summed E-state index contributed by atoms with van der Waals surface area (Å²) in [5.74, 6) is 0.0657. The maximum absolute atomic E-state index is 12.2. The zero-order chi connectivity index (χ0) is 14.1. The highest BCUT2D eigenvalue weighted by atomic mass is 32.1. The lowest BCUT2D eigenvalue weighted by atomic mass is 10.2. The molecule has 6 heteroatoms. The topological polar surface area (TPSA) is 52.6 Å². The fourth-order valence-corrected chi connectivity index (χ4v) is 1.90. The Hall–Kier alpha value is -0.750. The van der Waals surface area contributed by atoms with Crippen molar-refractivity contribution in [3.8, 4) is 0 Å². The van der Waals surface area contributed by atoms with E-state index >= 15 is 0 Å². The van der Waals surface area contributed by atoms with Gasteiger partial charge in [-0.05, 0) is 34.0 Å². The van der Waals surface area contributed by atoms with Gasteiger partial charge in [-0.2, -0.15) is 12.6 Å². The Morgan fingerprint density at radius 2 is 1.89 bits per heavy atom. The van der Waals surface area contributed by atoms with Crippen molar-refractivity contribution in [2.24, 2.45) is 0 Å². The van der Waals surface area contributed by atoms with Crippen LogP contribution in [0.4, 0.5) is 0 Å². The summed E-state index contributed by atoms with van der Waals surface area (Å²) in [6.07, 6.45) is 0.923. The molecule has 2 amide bonds. The molecule has 0 aromatic heterocycles. The van der Waals surface area contributed by atoms with E-state index in [-0.39, 0.29) is 11.8 Å². The fraction of sp³-hybridized carbons (Fsp3) is 0.833. The van der Waals surface area contributed by atoms with Gasteiger partial charge in [0.25, 0.3) is 0 Å². The Bertz CT molecular complexity index is 272. The van der Waals surface area contributed by atoms with Gasteiger partial charge in [-0.3, -0.25) is 9.59 Å². The van der Waals surface area contributed by atoms with Crippen molar-refractivity contribution in [3.05, 3.63) is 0 Å². The molecule has 0 saturated carbocycles. The molecule has 18 heavy (non-hydrogen) atoms. The second kappa shape index (κ2) is 9.22. The van der Waals surface area contributed by atoms with E-state index in [1.54, 1.807) is 4.90 Å². The molecule has 1 unspecified atom stereocenters. The first-order chi connectivity index (χ1) is 8.42. The summed E-state index contributed by atoms with van der Waals surface area (Å²) in [6, 6.07) is -0.523. The molecule has 0 aromatic carbocycles. The monoisotopic (exact) mass is 275 g/mol. The van der Waals surface area contributed by atoms with Crippen LogP contribution in [-0.2, 0) is 9.59 Å². The van der Waals surface area contributed by atoms with Gasteiger partial charge in [-0.15, -0.1) is 0 Å². The molecule has 0 saturated heterocycles. The molecule has 0 aliphatic rings. The number of hydrogen-bond acceptors (Lipinski definition) is 4. The summed E-state index contributed by atoms with van der Waals surface area (Å²) >= 11 is 4.12. The molecule has 0 rings (SSSR count). The average molecular weight is 275 g/mol. The van der Waals surface area contributed by atoms with Crippen molar-refractivity contribution >= 4 is 24.4 Å². The molecule has 0 spiro atoms. The Kier molecular flexibility index (Phi) is 8.83. The van der Waals surface area contributed by atoms with Gasteiger partial charge in [0.2, 0.25) is 11.8 Å². The predicted molar refractivity (Wildman–Crippen MR) is 76.9 cm³/mol. The first-order valence-corrected chi connectivity index (χ1v) is 6.87. The minimum absolute atomic E-state index is 0.0542. The average Bonchev–Trinajstić information content (AvgIpc) is 2.30. The molecule has 0 aromatic rings. The molecule has 0 radical (unpaired) electrons. The predicted octanol–water partition coefficient (Wildman–Crippen LogP) is 0.221. The first kappa shape index (κ1) is 17.2. The van der Waals surface area contributed by atoms with Crippen LogP contribution in [0.25, 0.3) is 0 Å². The van der Waals surface area contributed by atoms with Gasteiger partial charge in [-0.25, -0.2) is 0 Å². The fourth-order valence-electron chi connectivity index (χ4n) is 1.65. The third-order valence-corrected chi connectivity index (χ3v) is 2.95. The summed E-state index contributed by atoms with van der Waals surface area (Å²) < 4.78 is 0. The van der Waals surface area contributed by atoms with Crippen LogP contribution >= 0.6 is 12.6 Å². The van der Waals surface area contributed by atoms with E-state index in [1.807, 2.05) is 21.0 Å². The van der Waals surface area contributed by atoms with Crippen LogP contribution in [0, 0.1) is 0 Å². The van der Waals surface area contributed by atoms with Crippen LogP contribution < -0.4 is 5.32 Å². The number of nitrogens with one attached hydrogen (secondary N) is 1. The third kappa shape index (κ3) is 6.86. The van der Waals surface area contributed by atoms with Crippen LogP contribution in [0.5, 0.6) is 0 Å². The Labute approximate surface area is 115 Å². The van der Waals surface area contributed by atoms with Crippen LogP contribution in [0.2, 0.25) is 0 Å². The number of likely N-dealkylation sites (N-methyl/N-ethyl adjacent to an activating group) is 1. The Morgan fingerprint density at radius 1 is 1.28 bits per heavy atom. The lowest BCUT2D eigenvalue weighted by molar-refractivity contribution is -0.135. The summed E-state index contributed by atoms with van der Waals surface area (Å²) in [7, 11) is 4.01. The summed E-state index contributed by atoms with van der Waals surface area (Å²) in [5, 5.41) is 2.63. The molecule has 5 nitrogen and oxygen atoms in total. The SMILES string of the molecule is CCN(CCCN(C)C)C(=O)C(CS)NC(C)=O. The lowest BCUT2D eigenvalue weighted by Gasteiger charge is -2.26. The number of rotatable bonds is 8. The van der Waals surface area contributed by atoms with E-state index in [9.17, 15) is 9.59 Å². The van der Waals surface area contributed by atoms with E-state index < -0.39 is 6.04 Å². The standard InChI is InChI=1S/C12H25N3O2S/c1-5-15(8-6-7-14(3)4)12(17)11(9-18)13-10(2)16/h11,18H,5-9H2,1-4H3,(H,13,16). The number of hydrogen-bond donors (Lipinski definition) is 2. The second-order valence-corrected chi connectivity index (χ2v) is 4.88. The van der Waals surface area contributed by atoms with Gasteiger partial charge < -0.3 is 15.1 Å². The van der Waals surface area contributed by atoms with E-state index in [0.717, 1.165) is 13.0 Å². The third-order valence-electron chi connectivity index (χ3n) is 2.58. The second-order valence-electron chi connectivity index (χ2n) is 4.51. The molecule has 1 N–H and O–H groups in total. The summed E-state index contributed by atoms with van der Waals surface area (Å²) in [5.41, 5.74) is 0. The zero-order valence-electron chi connectivity index (χ0n) is 11.8. The van der Waals surface area contributed by atoms with Crippen molar-refractivity contribution in [1.82, 2.24) is 15.1 Å². The maximum Gasteiger partial charge on any atom is 0.245 e. The molecular formula is C12H25N3O2S. The largest absolute Gasteiger partial charge is 0.344 e. The highest BCUT2D eigenvalue weighted by Crippen LogP contribution is 2.00. The van der Waals surface area contributed by atoms with Crippen LogP contribution in [0.1, 0.15) is 20.3 Å². The highest BCUT2D eigenvalue weighted by molar-refractivity contribution is 7.80. The van der Waals surface area contributed by atoms with Gasteiger partial charge in [0.15, 0.2) is 0 Å². The van der Waals surface area contributed by atoms with Gasteiger partial charge in [0.05, 0.1) is 0 Å². The maximum atomic E-state index is 12.2. The first-order valence-electron chi connectivity index (χ1n) is 6.23. The molecule has 0 fully saturated rings. The van der Waals surface area contributed by atoms with Crippen LogP contribution in [-0.4, -0.2) is 67.1 Å². The number of carbonyl (C=O) groups excluding carboxylic acids is 2. The molecule has 1 atom stereocenters. The van der Waals surface area contributed by atoms with Crippen molar-refractivity contribution in [3.63, 3.8) is 0 Å². The van der Waals surface area contributed by atoms with E-state index in [2.05, 4.69) is 22.8 Å². The minimum Gasteiger partial charge on any atom is -0.344 e. The number of carbonyl (C=O) groups is 2. The van der Waals surface area contributed by atoms with E-state index in [0.29, 0.717) is 18.8 Å².